The van der Waals surface area contributed by atoms with Crippen LogP contribution >= 0.6 is 11.3 Å². The van der Waals surface area contributed by atoms with E-state index < -0.39 is 10.0 Å². The van der Waals surface area contributed by atoms with E-state index in [1.165, 1.54) is 12.1 Å². The van der Waals surface area contributed by atoms with Gasteiger partial charge in [0, 0.05) is 23.5 Å². The normalized spacial score (nSPS) is 11.2. The fraction of sp³-hybridized carbons (Fsp3) is 0.235. The number of carbonyl (C=O) groups is 1. The van der Waals surface area contributed by atoms with Crippen molar-refractivity contribution in [3.63, 3.8) is 0 Å². The molecule has 0 spiro atoms. The summed E-state index contributed by atoms with van der Waals surface area (Å²) in [5.74, 6) is -0.225. The molecule has 5 nitrogen and oxygen atoms in total. The average Bonchev–Trinajstić information content (AvgIpc) is 3.07. The minimum Gasteiger partial charge on any atom is -0.330 e. The molecule has 128 valence electrons. The first kappa shape index (κ1) is 18.4. The fourth-order valence-electron chi connectivity index (χ4n) is 2.22. The van der Waals surface area contributed by atoms with Crippen LogP contribution in [0.1, 0.15) is 22.2 Å². The average molecular weight is 364 g/mol. The van der Waals surface area contributed by atoms with Crippen molar-refractivity contribution >= 4 is 27.3 Å². The Morgan fingerprint density at radius 3 is 2.75 bits per heavy atom. The molecule has 0 unspecified atom stereocenters. The van der Waals surface area contributed by atoms with Crippen molar-refractivity contribution in [1.29, 1.82) is 0 Å². The monoisotopic (exact) mass is 364 g/mol. The second-order valence-corrected chi connectivity index (χ2v) is 7.88. The van der Waals surface area contributed by atoms with Crippen molar-refractivity contribution < 1.29 is 13.2 Å². The van der Waals surface area contributed by atoms with Gasteiger partial charge < -0.3 is 4.90 Å². The Labute approximate surface area is 146 Å². The van der Waals surface area contributed by atoms with Gasteiger partial charge >= 0.3 is 0 Å². The molecule has 2 aromatic rings. The van der Waals surface area contributed by atoms with Crippen LogP contribution in [0.2, 0.25) is 0 Å². The molecule has 1 aromatic carbocycles. The van der Waals surface area contributed by atoms with Crippen molar-refractivity contribution in [2.24, 2.45) is 0 Å². The molecule has 0 saturated heterocycles. The van der Waals surface area contributed by atoms with E-state index in [0.29, 0.717) is 25.2 Å². The van der Waals surface area contributed by atoms with Crippen molar-refractivity contribution in [2.45, 2.75) is 18.4 Å². The van der Waals surface area contributed by atoms with Crippen LogP contribution in [-0.4, -0.2) is 32.3 Å². The van der Waals surface area contributed by atoms with Gasteiger partial charge in [-0.05, 0) is 29.6 Å². The first-order chi connectivity index (χ1) is 11.5. The highest BCUT2D eigenvalue weighted by atomic mass is 32.2. The molecule has 0 fully saturated rings. The topological polar surface area (TPSA) is 66.5 Å². The predicted octanol–water partition coefficient (Wildman–Crippen LogP) is 2.87. The van der Waals surface area contributed by atoms with Crippen LogP contribution in [0.25, 0.3) is 0 Å². The molecule has 1 N–H and O–H groups in total. The number of hydrogen-bond donors (Lipinski definition) is 1. The van der Waals surface area contributed by atoms with Crippen LogP contribution in [0.15, 0.2) is 59.3 Å². The SMILES string of the molecule is C=CCN(Cc1cccs1)C(=O)c1cccc(S(=O)(=O)NCC)c1. The minimum atomic E-state index is -3.59. The highest BCUT2D eigenvalue weighted by Gasteiger charge is 2.19. The van der Waals surface area contributed by atoms with E-state index in [2.05, 4.69) is 11.3 Å². The van der Waals surface area contributed by atoms with E-state index in [4.69, 9.17) is 0 Å². The molecule has 1 heterocycles. The molecule has 0 bridgehead atoms. The summed E-state index contributed by atoms with van der Waals surface area (Å²) in [5, 5.41) is 1.95. The van der Waals surface area contributed by atoms with Crippen LogP contribution in [0.4, 0.5) is 0 Å². The first-order valence-corrected chi connectivity index (χ1v) is 9.86. The van der Waals surface area contributed by atoms with Gasteiger partial charge in [-0.3, -0.25) is 4.79 Å². The van der Waals surface area contributed by atoms with Gasteiger partial charge in [-0.15, -0.1) is 17.9 Å². The van der Waals surface area contributed by atoms with Gasteiger partial charge in [0.25, 0.3) is 5.91 Å². The van der Waals surface area contributed by atoms with Crippen LogP contribution in [0.3, 0.4) is 0 Å². The van der Waals surface area contributed by atoms with Gasteiger partial charge in [0.2, 0.25) is 10.0 Å². The van der Waals surface area contributed by atoms with Crippen molar-refractivity contribution in [3.8, 4) is 0 Å². The number of thiophene rings is 1. The summed E-state index contributed by atoms with van der Waals surface area (Å²) in [6, 6.07) is 9.98. The van der Waals surface area contributed by atoms with Gasteiger partial charge in [-0.25, -0.2) is 13.1 Å². The largest absolute Gasteiger partial charge is 0.330 e. The molecule has 7 heteroatoms. The molecule has 2 rings (SSSR count). The second-order valence-electron chi connectivity index (χ2n) is 5.08. The number of carbonyl (C=O) groups excluding carboxylic acids is 1. The zero-order valence-electron chi connectivity index (χ0n) is 13.4. The van der Waals surface area contributed by atoms with Crippen LogP contribution in [0.5, 0.6) is 0 Å². The minimum absolute atomic E-state index is 0.0878. The number of nitrogens with one attached hydrogen (secondary N) is 1. The third-order valence-electron chi connectivity index (χ3n) is 3.29. The lowest BCUT2D eigenvalue weighted by molar-refractivity contribution is 0.0764. The van der Waals surface area contributed by atoms with Gasteiger partial charge in [0.15, 0.2) is 0 Å². The summed E-state index contributed by atoms with van der Waals surface area (Å²) >= 11 is 1.57. The van der Waals surface area contributed by atoms with Crippen LogP contribution < -0.4 is 4.72 Å². The molecule has 0 radical (unpaired) electrons. The van der Waals surface area contributed by atoms with Crippen molar-refractivity contribution in [1.82, 2.24) is 9.62 Å². The maximum absolute atomic E-state index is 12.8. The molecule has 0 saturated carbocycles. The summed E-state index contributed by atoms with van der Waals surface area (Å²) in [6.07, 6.45) is 1.66. The number of amides is 1. The third kappa shape index (κ3) is 4.53. The Morgan fingerprint density at radius 2 is 2.12 bits per heavy atom. The molecular formula is C17H20N2O3S2. The molecule has 24 heavy (non-hydrogen) atoms. The van der Waals surface area contributed by atoms with Crippen LogP contribution in [0, 0.1) is 0 Å². The predicted molar refractivity (Wildman–Crippen MR) is 96.6 cm³/mol. The highest BCUT2D eigenvalue weighted by Crippen LogP contribution is 2.17. The highest BCUT2D eigenvalue weighted by molar-refractivity contribution is 7.89. The first-order valence-electron chi connectivity index (χ1n) is 7.50. The van der Waals surface area contributed by atoms with E-state index in [1.807, 2.05) is 17.5 Å². The Morgan fingerprint density at radius 1 is 1.33 bits per heavy atom. The third-order valence-corrected chi connectivity index (χ3v) is 5.69. The van der Waals surface area contributed by atoms with E-state index >= 15 is 0 Å². The van der Waals surface area contributed by atoms with E-state index in [1.54, 1.807) is 41.4 Å². The standard InChI is InChI=1S/C17H20N2O3S2/c1-3-10-19(13-15-8-6-11-23-15)17(20)14-7-5-9-16(12-14)24(21,22)18-4-2/h3,5-9,11-12,18H,1,4,10,13H2,2H3. The Bertz CT molecular complexity index is 799. The number of hydrogen-bond acceptors (Lipinski definition) is 4. The quantitative estimate of drug-likeness (QED) is 0.733. The molecule has 0 atom stereocenters. The lowest BCUT2D eigenvalue weighted by Crippen LogP contribution is -2.30. The molecule has 0 aliphatic carbocycles. The van der Waals surface area contributed by atoms with Crippen molar-refractivity contribution in [3.05, 3.63) is 64.9 Å². The zero-order chi connectivity index (χ0) is 17.6. The van der Waals surface area contributed by atoms with Gasteiger partial charge in [-0.1, -0.05) is 25.1 Å². The van der Waals surface area contributed by atoms with Gasteiger partial charge in [-0.2, -0.15) is 0 Å². The van der Waals surface area contributed by atoms with Crippen molar-refractivity contribution in [2.75, 3.05) is 13.1 Å². The summed E-state index contributed by atoms with van der Waals surface area (Å²) in [6.45, 7) is 6.55. The molecule has 1 aromatic heterocycles. The molecule has 0 aliphatic heterocycles. The zero-order valence-corrected chi connectivity index (χ0v) is 15.1. The van der Waals surface area contributed by atoms with E-state index in [0.717, 1.165) is 4.88 Å². The smallest absolute Gasteiger partial charge is 0.254 e. The Kier molecular flexibility index (Phi) is 6.30. The summed E-state index contributed by atoms with van der Waals surface area (Å²) < 4.78 is 26.6. The Hall–Kier alpha value is -1.96. The Balaban J connectivity index is 2.28. The maximum atomic E-state index is 12.8. The number of nitrogens with zero attached hydrogens (tertiary/aromatic N) is 1. The molecule has 1 amide bonds. The molecule has 0 aliphatic rings. The van der Waals surface area contributed by atoms with E-state index in [-0.39, 0.29) is 10.8 Å². The van der Waals surface area contributed by atoms with E-state index in [9.17, 15) is 13.2 Å². The lowest BCUT2D eigenvalue weighted by atomic mass is 10.2. The summed E-state index contributed by atoms with van der Waals surface area (Å²) in [7, 11) is -3.59. The van der Waals surface area contributed by atoms with Gasteiger partial charge in [0.1, 0.15) is 0 Å². The second kappa shape index (κ2) is 8.23. The number of benzene rings is 1. The van der Waals surface area contributed by atoms with Crippen LogP contribution in [-0.2, 0) is 16.6 Å². The lowest BCUT2D eigenvalue weighted by Gasteiger charge is -2.21. The maximum Gasteiger partial charge on any atom is 0.254 e. The summed E-state index contributed by atoms with van der Waals surface area (Å²) in [4.78, 5) is 15.5. The van der Waals surface area contributed by atoms with Gasteiger partial charge in [0.05, 0.1) is 11.4 Å². The number of rotatable bonds is 8. The number of sulfonamides is 1. The fourth-order valence-corrected chi connectivity index (χ4v) is 4.02. The summed E-state index contributed by atoms with van der Waals surface area (Å²) in [5.41, 5.74) is 0.340. The molecular weight excluding hydrogens is 344 g/mol.